The van der Waals surface area contributed by atoms with Crippen molar-refractivity contribution in [3.63, 3.8) is 0 Å². The molecule has 0 spiro atoms. The van der Waals surface area contributed by atoms with Gasteiger partial charge in [0.25, 0.3) is 11.8 Å². The fraction of sp³-hybridized carbons (Fsp3) is 0.323. The molecule has 236 valence electrons. The second kappa shape index (κ2) is 12.9. The van der Waals surface area contributed by atoms with E-state index in [1.807, 2.05) is 12.1 Å². The summed E-state index contributed by atoms with van der Waals surface area (Å²) in [6, 6.07) is 14.0. The van der Waals surface area contributed by atoms with Gasteiger partial charge in [-0.15, -0.1) is 0 Å². The van der Waals surface area contributed by atoms with E-state index in [4.69, 9.17) is 0 Å². The number of halogens is 3. The largest absolute Gasteiger partial charge is 0.434 e. The molecule has 45 heavy (non-hydrogen) atoms. The lowest BCUT2D eigenvalue weighted by molar-refractivity contribution is -0.155. The monoisotopic (exact) mass is 626 g/mol. The summed E-state index contributed by atoms with van der Waals surface area (Å²) < 4.78 is 45.8. The number of alkyl halides is 3. The van der Waals surface area contributed by atoms with Crippen LogP contribution in [0.2, 0.25) is 0 Å². The smallest absolute Gasteiger partial charge is 0.417 e. The van der Waals surface area contributed by atoms with Crippen LogP contribution in [0.25, 0.3) is 10.8 Å². The van der Waals surface area contributed by atoms with Gasteiger partial charge in [0, 0.05) is 18.7 Å². The van der Waals surface area contributed by atoms with E-state index in [-0.39, 0.29) is 31.5 Å². The number of nitrogens with zero attached hydrogens (tertiary/aromatic N) is 2. The Balaban J connectivity index is 1.39. The van der Waals surface area contributed by atoms with E-state index in [0.29, 0.717) is 0 Å². The third-order valence-corrected chi connectivity index (χ3v) is 7.60. The SMILES string of the molecule is O=C(CN1CCCN(C(=O)c2ccccc2C(F)(F)F)C[C@H](NC(=O)c2ccc3ccccc3c2)C1=O)N[C@H]1CC(=O)OC1O. The van der Waals surface area contributed by atoms with E-state index >= 15 is 0 Å². The molecule has 0 aromatic heterocycles. The Labute approximate surface area is 254 Å². The number of nitrogens with one attached hydrogen (secondary N) is 2. The fourth-order valence-corrected chi connectivity index (χ4v) is 5.37. The molecule has 0 radical (unpaired) electrons. The molecule has 2 aliphatic rings. The van der Waals surface area contributed by atoms with E-state index in [0.717, 1.165) is 32.7 Å². The number of carbonyl (C=O) groups excluding carboxylic acids is 5. The Kier molecular flexibility index (Phi) is 9.04. The predicted octanol–water partition coefficient (Wildman–Crippen LogP) is 2.08. The first-order valence-electron chi connectivity index (χ1n) is 14.1. The van der Waals surface area contributed by atoms with Gasteiger partial charge in [0.15, 0.2) is 0 Å². The number of carbonyl (C=O) groups is 5. The molecule has 3 atom stereocenters. The second-order valence-electron chi connectivity index (χ2n) is 10.8. The van der Waals surface area contributed by atoms with Gasteiger partial charge in [0.2, 0.25) is 18.1 Å². The van der Waals surface area contributed by atoms with Crippen LogP contribution >= 0.6 is 0 Å². The number of aliphatic hydroxyl groups is 1. The van der Waals surface area contributed by atoms with Crippen LogP contribution in [0.5, 0.6) is 0 Å². The maximum atomic E-state index is 13.8. The highest BCUT2D eigenvalue weighted by Crippen LogP contribution is 2.32. The molecular formula is C31H29F3N4O7. The van der Waals surface area contributed by atoms with Crippen LogP contribution in [0, 0.1) is 0 Å². The van der Waals surface area contributed by atoms with E-state index < -0.39 is 78.4 Å². The first-order chi connectivity index (χ1) is 21.4. The zero-order valence-corrected chi connectivity index (χ0v) is 23.8. The molecule has 14 heteroatoms. The lowest BCUT2D eigenvalue weighted by Crippen LogP contribution is -2.58. The summed E-state index contributed by atoms with van der Waals surface area (Å²) in [5.74, 6) is -3.80. The molecule has 0 aliphatic carbocycles. The molecule has 3 N–H and O–H groups in total. The minimum atomic E-state index is -4.80. The van der Waals surface area contributed by atoms with Gasteiger partial charge in [0.1, 0.15) is 12.1 Å². The molecule has 2 fully saturated rings. The van der Waals surface area contributed by atoms with Crippen LogP contribution in [0.1, 0.15) is 39.1 Å². The van der Waals surface area contributed by atoms with Crippen molar-refractivity contribution in [3.8, 4) is 0 Å². The molecule has 4 amide bonds. The van der Waals surface area contributed by atoms with Gasteiger partial charge < -0.3 is 30.3 Å². The summed E-state index contributed by atoms with van der Waals surface area (Å²) in [7, 11) is 0. The summed E-state index contributed by atoms with van der Waals surface area (Å²) in [5.41, 5.74) is -1.52. The number of rotatable bonds is 6. The normalized spacial score (nSPS) is 20.8. The van der Waals surface area contributed by atoms with Gasteiger partial charge in [-0.2, -0.15) is 13.2 Å². The molecule has 3 aromatic rings. The maximum absolute atomic E-state index is 13.8. The van der Waals surface area contributed by atoms with Crippen LogP contribution in [-0.4, -0.2) is 89.1 Å². The standard InChI is InChI=1S/C31H29F3N4O7/c32-31(33,34)22-9-4-3-8-21(22)28(42)37-12-5-13-38(17-25(39)35-23-15-26(40)45-30(23)44)29(43)24(16-37)36-27(41)20-11-10-18-6-1-2-7-19(18)14-20/h1-4,6-11,14,23-24,30,44H,5,12-13,15-17H2,(H,35,39)(H,36,41)/t23-,24-,30?/m0/s1. The van der Waals surface area contributed by atoms with Crippen LogP contribution in [0.4, 0.5) is 13.2 Å². The number of amides is 4. The van der Waals surface area contributed by atoms with Gasteiger partial charge >= 0.3 is 12.1 Å². The average molecular weight is 627 g/mol. The van der Waals surface area contributed by atoms with Gasteiger partial charge in [-0.25, -0.2) is 0 Å². The maximum Gasteiger partial charge on any atom is 0.417 e. The highest BCUT2D eigenvalue weighted by atomic mass is 19.4. The molecule has 2 saturated heterocycles. The molecule has 2 aliphatic heterocycles. The van der Waals surface area contributed by atoms with Crippen LogP contribution in [-0.2, 0) is 25.3 Å². The number of hydrogen-bond donors (Lipinski definition) is 3. The summed E-state index contributed by atoms with van der Waals surface area (Å²) in [5, 5.41) is 16.5. The highest BCUT2D eigenvalue weighted by Gasteiger charge is 2.39. The number of hydrogen-bond acceptors (Lipinski definition) is 7. The average Bonchev–Trinajstić information content (AvgIpc) is 3.32. The van der Waals surface area contributed by atoms with Crippen LogP contribution in [0.3, 0.4) is 0 Å². The van der Waals surface area contributed by atoms with Gasteiger partial charge in [-0.05, 0) is 41.5 Å². The Morgan fingerprint density at radius 2 is 1.64 bits per heavy atom. The van der Waals surface area contributed by atoms with Crippen molar-refractivity contribution < 1.29 is 47.0 Å². The summed E-state index contributed by atoms with van der Waals surface area (Å²) >= 11 is 0. The molecule has 5 rings (SSSR count). The number of benzene rings is 3. The molecule has 2 heterocycles. The molecule has 1 unspecified atom stereocenters. The second-order valence-corrected chi connectivity index (χ2v) is 10.8. The number of fused-ring (bicyclic) bond motifs is 1. The number of esters is 1. The molecule has 11 nitrogen and oxygen atoms in total. The van der Waals surface area contributed by atoms with E-state index in [9.17, 15) is 42.3 Å². The molecule has 3 aromatic carbocycles. The van der Waals surface area contributed by atoms with Crippen LogP contribution < -0.4 is 10.6 Å². The lowest BCUT2D eigenvalue weighted by Gasteiger charge is -2.35. The van der Waals surface area contributed by atoms with Crippen molar-refractivity contribution in [2.45, 2.75) is 37.4 Å². The topological polar surface area (TPSA) is 145 Å². The molecule has 0 bridgehead atoms. The van der Waals surface area contributed by atoms with E-state index in [1.165, 1.54) is 12.1 Å². The van der Waals surface area contributed by atoms with Gasteiger partial charge in [-0.3, -0.25) is 24.0 Å². The quantitative estimate of drug-likeness (QED) is 0.356. The van der Waals surface area contributed by atoms with Crippen molar-refractivity contribution in [3.05, 3.63) is 83.4 Å². The minimum absolute atomic E-state index is 0.0809. The zero-order valence-electron chi connectivity index (χ0n) is 23.8. The third kappa shape index (κ3) is 7.23. The zero-order chi connectivity index (χ0) is 32.3. The first-order valence-corrected chi connectivity index (χ1v) is 14.1. The predicted molar refractivity (Wildman–Crippen MR) is 152 cm³/mol. The Bertz CT molecular complexity index is 1650. The van der Waals surface area contributed by atoms with Crippen molar-refractivity contribution in [2.24, 2.45) is 0 Å². The Hall–Kier alpha value is -4.98. The lowest BCUT2D eigenvalue weighted by atomic mass is 10.0. The minimum Gasteiger partial charge on any atom is -0.434 e. The summed E-state index contributed by atoms with van der Waals surface area (Å²) in [6.45, 7) is -1.14. The first kappa shape index (κ1) is 31.4. The number of ether oxygens (including phenoxy) is 1. The molecular weight excluding hydrogens is 597 g/mol. The van der Waals surface area contributed by atoms with E-state index in [1.54, 1.807) is 30.3 Å². The van der Waals surface area contributed by atoms with Gasteiger partial charge in [-0.1, -0.05) is 42.5 Å². The van der Waals surface area contributed by atoms with Crippen molar-refractivity contribution in [1.82, 2.24) is 20.4 Å². The number of cyclic esters (lactones) is 1. The third-order valence-electron chi connectivity index (χ3n) is 7.60. The molecule has 0 saturated carbocycles. The Morgan fingerprint density at radius 3 is 2.36 bits per heavy atom. The summed E-state index contributed by atoms with van der Waals surface area (Å²) in [4.78, 5) is 67.1. The van der Waals surface area contributed by atoms with Crippen LogP contribution in [0.15, 0.2) is 66.7 Å². The number of aliphatic hydroxyl groups excluding tert-OH is 1. The van der Waals surface area contributed by atoms with Crippen molar-refractivity contribution in [1.29, 1.82) is 0 Å². The van der Waals surface area contributed by atoms with Crippen molar-refractivity contribution >= 4 is 40.4 Å². The Morgan fingerprint density at radius 1 is 0.933 bits per heavy atom. The fourth-order valence-electron chi connectivity index (χ4n) is 5.37. The van der Waals surface area contributed by atoms with Gasteiger partial charge in [0.05, 0.1) is 30.6 Å². The highest BCUT2D eigenvalue weighted by molar-refractivity contribution is 6.02. The van der Waals surface area contributed by atoms with E-state index in [2.05, 4.69) is 15.4 Å². The van der Waals surface area contributed by atoms with Crippen molar-refractivity contribution in [2.75, 3.05) is 26.2 Å². The summed E-state index contributed by atoms with van der Waals surface area (Å²) in [6.07, 6.45) is -6.50.